The van der Waals surface area contributed by atoms with Crippen LogP contribution in [-0.2, 0) is 16.6 Å². The van der Waals surface area contributed by atoms with Crippen molar-refractivity contribution in [3.05, 3.63) is 29.3 Å². The van der Waals surface area contributed by atoms with Crippen molar-refractivity contribution < 1.29 is 9.84 Å². The van der Waals surface area contributed by atoms with Crippen LogP contribution in [0.15, 0.2) is 18.2 Å². The maximum Gasteiger partial charge on any atom is 0.115 e. The Hall–Kier alpha value is -1.06. The number of hydrogen-bond donors (Lipinski definition) is 1. The van der Waals surface area contributed by atoms with Crippen molar-refractivity contribution in [3.63, 3.8) is 0 Å². The first-order valence-electron chi connectivity index (χ1n) is 8.05. The highest BCUT2D eigenvalue weighted by atomic mass is 16.5. The number of phenols is 1. The minimum Gasteiger partial charge on any atom is -0.508 e. The van der Waals surface area contributed by atoms with Crippen molar-refractivity contribution >= 4 is 0 Å². The summed E-state index contributed by atoms with van der Waals surface area (Å²) < 4.78 is 5.46. The Morgan fingerprint density at radius 2 is 2.24 bits per heavy atom. The van der Waals surface area contributed by atoms with Gasteiger partial charge in [0.25, 0.3) is 0 Å². The average molecular weight is 289 g/mol. The molecule has 0 spiro atoms. The van der Waals surface area contributed by atoms with Crippen LogP contribution in [0.3, 0.4) is 0 Å². The van der Waals surface area contributed by atoms with E-state index < -0.39 is 0 Å². The minimum atomic E-state index is 0.184. The molecule has 4 atom stereocenters. The maximum absolute atomic E-state index is 9.86. The van der Waals surface area contributed by atoms with Gasteiger partial charge in [0, 0.05) is 19.7 Å². The molecule has 1 aliphatic heterocycles. The summed E-state index contributed by atoms with van der Waals surface area (Å²) in [5.74, 6) is 1.00. The van der Waals surface area contributed by atoms with Crippen molar-refractivity contribution in [3.8, 4) is 5.75 Å². The van der Waals surface area contributed by atoms with Crippen LogP contribution >= 0.6 is 0 Å². The molecule has 3 heteroatoms. The predicted octanol–water partition coefficient (Wildman–Crippen LogP) is 2.95. The van der Waals surface area contributed by atoms with E-state index in [9.17, 15) is 5.11 Å². The summed E-state index contributed by atoms with van der Waals surface area (Å²) >= 11 is 0. The fourth-order valence-corrected chi connectivity index (χ4v) is 4.33. The summed E-state index contributed by atoms with van der Waals surface area (Å²) in [6.07, 6.45) is 2.52. The molecule has 2 aliphatic rings. The summed E-state index contributed by atoms with van der Waals surface area (Å²) in [5, 5.41) is 9.86. The lowest BCUT2D eigenvalue weighted by atomic mass is 9.59. The van der Waals surface area contributed by atoms with Gasteiger partial charge in [-0.15, -0.1) is 0 Å². The third-order valence-corrected chi connectivity index (χ3v) is 6.00. The van der Waals surface area contributed by atoms with Crippen LogP contribution in [0.2, 0.25) is 0 Å². The fraction of sp³-hybridized carbons (Fsp3) is 0.667. The molecule has 0 saturated carbocycles. The second-order valence-corrected chi connectivity index (χ2v) is 7.11. The Bertz CT molecular complexity index is 530. The normalized spacial score (nSPS) is 33.5. The zero-order valence-corrected chi connectivity index (χ0v) is 13.6. The van der Waals surface area contributed by atoms with Crippen LogP contribution < -0.4 is 0 Å². The van der Waals surface area contributed by atoms with E-state index in [2.05, 4.69) is 31.7 Å². The molecule has 0 amide bonds. The number of hydrogen-bond acceptors (Lipinski definition) is 3. The highest BCUT2D eigenvalue weighted by molar-refractivity contribution is 5.44. The number of nitrogens with zero attached hydrogens (tertiary/aromatic N) is 1. The van der Waals surface area contributed by atoms with Crippen molar-refractivity contribution in [2.75, 3.05) is 20.2 Å². The lowest BCUT2D eigenvalue weighted by molar-refractivity contribution is -0.00624. The molecule has 1 N–H and O–H groups in total. The first-order valence-corrected chi connectivity index (χ1v) is 8.05. The van der Waals surface area contributed by atoms with Crippen LogP contribution in [0.4, 0.5) is 0 Å². The standard InChI is InChI=1S/C18H27NO2/c1-12(21-4)11-19-8-7-18(3)13(2)17(19)9-14-5-6-15(20)10-16(14)18/h5-6,10,12-13,17,20H,7-9,11H2,1-4H3/t12-,13-,17+,18+/m1/s1. The molecule has 1 aromatic carbocycles. The van der Waals surface area contributed by atoms with E-state index in [0.29, 0.717) is 17.7 Å². The molecule has 3 rings (SSSR count). The van der Waals surface area contributed by atoms with Crippen LogP contribution in [0.1, 0.15) is 38.3 Å². The van der Waals surface area contributed by atoms with E-state index in [0.717, 1.165) is 25.9 Å². The maximum atomic E-state index is 9.86. The van der Waals surface area contributed by atoms with E-state index >= 15 is 0 Å². The topological polar surface area (TPSA) is 32.7 Å². The van der Waals surface area contributed by atoms with Gasteiger partial charge in [0.05, 0.1) is 6.10 Å². The first kappa shape index (κ1) is 14.9. The minimum absolute atomic E-state index is 0.184. The van der Waals surface area contributed by atoms with E-state index in [1.54, 1.807) is 7.11 Å². The van der Waals surface area contributed by atoms with E-state index in [-0.39, 0.29) is 11.5 Å². The van der Waals surface area contributed by atoms with Gasteiger partial charge in [-0.2, -0.15) is 0 Å². The average Bonchev–Trinajstić information content (AvgIpc) is 2.46. The van der Waals surface area contributed by atoms with Gasteiger partial charge in [-0.05, 0) is 60.9 Å². The fourth-order valence-electron chi connectivity index (χ4n) is 4.33. The SMILES string of the molecule is CO[C@H](C)CN1CC[C@]2(C)c3cc(O)ccc3C[C@H]1[C@H]2C. The van der Waals surface area contributed by atoms with Crippen molar-refractivity contribution in [2.24, 2.45) is 5.92 Å². The molecule has 1 saturated heterocycles. The number of phenolic OH excluding ortho intramolecular Hbond substituents is 1. The third kappa shape index (κ3) is 2.36. The number of piperidine rings is 1. The largest absolute Gasteiger partial charge is 0.508 e. The van der Waals surface area contributed by atoms with Crippen LogP contribution in [-0.4, -0.2) is 42.4 Å². The number of benzene rings is 1. The molecule has 2 bridgehead atoms. The number of ether oxygens (including phenoxy) is 1. The van der Waals surface area contributed by atoms with Gasteiger partial charge < -0.3 is 9.84 Å². The van der Waals surface area contributed by atoms with Crippen molar-refractivity contribution in [1.82, 2.24) is 4.90 Å². The molecule has 0 aromatic heterocycles. The third-order valence-electron chi connectivity index (χ3n) is 6.00. The molecular formula is C18H27NO2. The molecule has 0 unspecified atom stereocenters. The Morgan fingerprint density at radius 1 is 1.48 bits per heavy atom. The predicted molar refractivity (Wildman–Crippen MR) is 84.8 cm³/mol. The van der Waals surface area contributed by atoms with Gasteiger partial charge in [0.1, 0.15) is 5.75 Å². The van der Waals surface area contributed by atoms with E-state index in [1.165, 1.54) is 11.1 Å². The van der Waals surface area contributed by atoms with Gasteiger partial charge in [0.15, 0.2) is 0 Å². The lowest BCUT2D eigenvalue weighted by Crippen LogP contribution is -2.59. The summed E-state index contributed by atoms with van der Waals surface area (Å²) in [7, 11) is 1.79. The number of likely N-dealkylation sites (tertiary alicyclic amines) is 1. The van der Waals surface area contributed by atoms with Gasteiger partial charge in [-0.25, -0.2) is 0 Å². The van der Waals surface area contributed by atoms with Crippen molar-refractivity contribution in [1.29, 1.82) is 0 Å². The van der Waals surface area contributed by atoms with Gasteiger partial charge in [-0.3, -0.25) is 4.90 Å². The summed E-state index contributed by atoms with van der Waals surface area (Å²) in [4.78, 5) is 2.61. The number of rotatable bonds is 3. The van der Waals surface area contributed by atoms with Gasteiger partial charge >= 0.3 is 0 Å². The molecule has 1 fully saturated rings. The highest BCUT2D eigenvalue weighted by Crippen LogP contribution is 2.49. The monoisotopic (exact) mass is 289 g/mol. The summed E-state index contributed by atoms with van der Waals surface area (Å²) in [6.45, 7) is 9.02. The molecule has 3 nitrogen and oxygen atoms in total. The second-order valence-electron chi connectivity index (χ2n) is 7.11. The molecule has 1 heterocycles. The zero-order valence-electron chi connectivity index (χ0n) is 13.6. The summed E-state index contributed by atoms with van der Waals surface area (Å²) in [5.41, 5.74) is 2.96. The number of aromatic hydroxyl groups is 1. The molecule has 1 aliphatic carbocycles. The molecule has 116 valence electrons. The molecular weight excluding hydrogens is 262 g/mol. The number of fused-ring (bicyclic) bond motifs is 4. The molecule has 1 aromatic rings. The quantitative estimate of drug-likeness (QED) is 0.928. The van der Waals surface area contributed by atoms with Crippen LogP contribution in [0.25, 0.3) is 0 Å². The van der Waals surface area contributed by atoms with Crippen LogP contribution in [0.5, 0.6) is 5.75 Å². The van der Waals surface area contributed by atoms with E-state index in [1.807, 2.05) is 12.1 Å². The zero-order chi connectivity index (χ0) is 15.2. The van der Waals surface area contributed by atoms with Gasteiger partial charge in [0.2, 0.25) is 0 Å². The van der Waals surface area contributed by atoms with Crippen molar-refractivity contribution in [2.45, 2.75) is 51.2 Å². The summed E-state index contributed by atoms with van der Waals surface area (Å²) in [6, 6.07) is 6.52. The molecule has 0 radical (unpaired) electrons. The molecule has 21 heavy (non-hydrogen) atoms. The smallest absolute Gasteiger partial charge is 0.115 e. The highest BCUT2D eigenvalue weighted by Gasteiger charge is 2.48. The Balaban J connectivity index is 1.94. The lowest BCUT2D eigenvalue weighted by Gasteiger charge is -2.55. The number of methoxy groups -OCH3 is 1. The Kier molecular flexibility index (Phi) is 3.74. The van der Waals surface area contributed by atoms with Gasteiger partial charge in [-0.1, -0.05) is 19.9 Å². The Labute approximate surface area is 127 Å². The second kappa shape index (κ2) is 5.29. The van der Waals surface area contributed by atoms with E-state index in [4.69, 9.17) is 4.74 Å². The van der Waals surface area contributed by atoms with Crippen LogP contribution in [0, 0.1) is 5.92 Å². The Morgan fingerprint density at radius 3 is 2.95 bits per heavy atom. The first-order chi connectivity index (χ1) is 9.95.